The van der Waals surface area contributed by atoms with Crippen molar-refractivity contribution in [3.05, 3.63) is 35.2 Å². The third kappa shape index (κ3) is 4.31. The van der Waals surface area contributed by atoms with Crippen molar-refractivity contribution >= 4 is 17.6 Å². The number of amides is 2. The topological polar surface area (TPSA) is 66.9 Å². The predicted molar refractivity (Wildman–Crippen MR) is 80.5 cm³/mol. The fourth-order valence-electron chi connectivity index (χ4n) is 1.65. The second-order valence-corrected chi connectivity index (χ2v) is 6.15. The molecule has 6 heteroatoms. The number of carbonyl (C=O) groups is 1. The highest BCUT2D eigenvalue weighted by molar-refractivity contribution is 7.03. The molecule has 0 saturated heterocycles. The van der Waals surface area contributed by atoms with E-state index in [9.17, 15) is 4.79 Å². The molecule has 2 N–H and O–H groups in total. The molecule has 0 atom stereocenters. The third-order valence-electron chi connectivity index (χ3n) is 2.55. The summed E-state index contributed by atoms with van der Waals surface area (Å²) in [5.74, 6) is 0. The smallest absolute Gasteiger partial charge is 0.315 e. The highest BCUT2D eigenvalue weighted by Crippen LogP contribution is 2.17. The number of nitrogens with one attached hydrogen (secondary N) is 2. The van der Waals surface area contributed by atoms with Gasteiger partial charge in [0.15, 0.2) is 0 Å². The molecule has 0 spiro atoms. The number of rotatable bonds is 3. The van der Waals surface area contributed by atoms with Crippen LogP contribution in [0, 0.1) is 0 Å². The fourth-order valence-corrected chi connectivity index (χ4v) is 2.12. The van der Waals surface area contributed by atoms with Gasteiger partial charge in [-0.25, -0.2) is 4.79 Å². The van der Waals surface area contributed by atoms with E-state index in [1.807, 2.05) is 50.4 Å². The normalized spacial score (nSPS) is 11.2. The molecule has 2 amide bonds. The molecule has 0 aliphatic rings. The van der Waals surface area contributed by atoms with Crippen LogP contribution in [-0.2, 0) is 6.54 Å². The maximum Gasteiger partial charge on any atom is 0.315 e. The van der Waals surface area contributed by atoms with Gasteiger partial charge in [0.2, 0.25) is 0 Å². The van der Waals surface area contributed by atoms with E-state index in [1.54, 1.807) is 0 Å². The Hall–Kier alpha value is -1.95. The maximum absolute atomic E-state index is 11.6. The van der Waals surface area contributed by atoms with Crippen molar-refractivity contribution in [3.8, 4) is 11.3 Å². The minimum absolute atomic E-state index is 0.162. The van der Waals surface area contributed by atoms with Gasteiger partial charge in [0, 0.05) is 23.0 Å². The minimum Gasteiger partial charge on any atom is -0.334 e. The number of carbonyl (C=O) groups excluding carboxylic acids is 1. The Bertz CT molecular complexity index is 558. The summed E-state index contributed by atoms with van der Waals surface area (Å²) in [6.45, 7) is 6.34. The first-order valence-electron chi connectivity index (χ1n) is 6.36. The molecule has 20 heavy (non-hydrogen) atoms. The van der Waals surface area contributed by atoms with Gasteiger partial charge in [0.25, 0.3) is 0 Å². The number of benzene rings is 1. The standard InChI is InChI=1S/C14H18N4OS/c1-14(2,3)16-13(19)15-8-10-4-6-11(7-5-10)12-9-20-18-17-12/h4-7,9H,8H2,1-3H3,(H2,15,16,19). The second-order valence-electron chi connectivity index (χ2n) is 5.54. The van der Waals surface area contributed by atoms with Gasteiger partial charge in [-0.15, -0.1) is 5.10 Å². The van der Waals surface area contributed by atoms with E-state index >= 15 is 0 Å². The summed E-state index contributed by atoms with van der Waals surface area (Å²) in [5.41, 5.74) is 2.72. The highest BCUT2D eigenvalue weighted by atomic mass is 32.1. The molecule has 1 aromatic carbocycles. The SMILES string of the molecule is CC(C)(C)NC(=O)NCc1ccc(-c2csnn2)cc1. The van der Waals surface area contributed by atoms with Crippen molar-refractivity contribution in [2.45, 2.75) is 32.9 Å². The molecule has 0 radical (unpaired) electrons. The van der Waals surface area contributed by atoms with Crippen molar-refractivity contribution in [3.63, 3.8) is 0 Å². The molecule has 0 saturated carbocycles. The van der Waals surface area contributed by atoms with E-state index in [2.05, 4.69) is 20.2 Å². The van der Waals surface area contributed by atoms with Gasteiger partial charge < -0.3 is 10.6 Å². The Morgan fingerprint density at radius 1 is 1.25 bits per heavy atom. The van der Waals surface area contributed by atoms with E-state index < -0.39 is 0 Å². The summed E-state index contributed by atoms with van der Waals surface area (Å²) in [5, 5.41) is 11.6. The van der Waals surface area contributed by atoms with Gasteiger partial charge in [0.05, 0.1) is 0 Å². The fraction of sp³-hybridized carbons (Fsp3) is 0.357. The molecule has 106 valence electrons. The van der Waals surface area contributed by atoms with E-state index in [0.29, 0.717) is 6.54 Å². The largest absolute Gasteiger partial charge is 0.334 e. The summed E-state index contributed by atoms with van der Waals surface area (Å²) in [6, 6.07) is 7.76. The summed E-state index contributed by atoms with van der Waals surface area (Å²) in [6.07, 6.45) is 0. The van der Waals surface area contributed by atoms with E-state index in [4.69, 9.17) is 0 Å². The van der Waals surface area contributed by atoms with Crippen molar-refractivity contribution in [2.24, 2.45) is 0 Å². The van der Waals surface area contributed by atoms with Gasteiger partial charge in [-0.3, -0.25) is 0 Å². The lowest BCUT2D eigenvalue weighted by Crippen LogP contribution is -2.46. The monoisotopic (exact) mass is 290 g/mol. The van der Waals surface area contributed by atoms with Crippen LogP contribution in [0.3, 0.4) is 0 Å². The number of hydrogen-bond acceptors (Lipinski definition) is 4. The molecular weight excluding hydrogens is 272 g/mol. The van der Waals surface area contributed by atoms with Crippen LogP contribution >= 0.6 is 11.5 Å². The van der Waals surface area contributed by atoms with E-state index in [-0.39, 0.29) is 11.6 Å². The molecule has 0 bridgehead atoms. The van der Waals surface area contributed by atoms with Crippen molar-refractivity contribution in [1.82, 2.24) is 20.2 Å². The van der Waals surface area contributed by atoms with Crippen molar-refractivity contribution in [2.75, 3.05) is 0 Å². The summed E-state index contributed by atoms with van der Waals surface area (Å²) < 4.78 is 3.84. The Morgan fingerprint density at radius 3 is 2.50 bits per heavy atom. The lowest BCUT2D eigenvalue weighted by Gasteiger charge is -2.20. The zero-order chi connectivity index (χ0) is 14.6. The average molecular weight is 290 g/mol. The van der Waals surface area contributed by atoms with E-state index in [1.165, 1.54) is 11.5 Å². The second kappa shape index (κ2) is 6.00. The Labute approximate surface area is 122 Å². The van der Waals surface area contributed by atoms with Crippen LogP contribution in [0.4, 0.5) is 4.79 Å². The van der Waals surface area contributed by atoms with Crippen molar-refractivity contribution in [1.29, 1.82) is 0 Å². The predicted octanol–water partition coefficient (Wildman–Crippen LogP) is 2.80. The first kappa shape index (κ1) is 14.5. The first-order chi connectivity index (χ1) is 9.44. The van der Waals surface area contributed by atoms with Gasteiger partial charge in [-0.05, 0) is 37.9 Å². The van der Waals surface area contributed by atoms with Gasteiger partial charge in [0.1, 0.15) is 5.69 Å². The Morgan fingerprint density at radius 2 is 1.95 bits per heavy atom. The van der Waals surface area contributed by atoms with Gasteiger partial charge in [-0.2, -0.15) is 0 Å². The molecule has 0 aliphatic carbocycles. The minimum atomic E-state index is -0.231. The molecule has 2 rings (SSSR count). The van der Waals surface area contributed by atoms with Crippen molar-refractivity contribution < 1.29 is 4.79 Å². The molecule has 2 aromatic rings. The van der Waals surface area contributed by atoms with Crippen LogP contribution in [0.1, 0.15) is 26.3 Å². The van der Waals surface area contributed by atoms with E-state index in [0.717, 1.165) is 16.8 Å². The van der Waals surface area contributed by atoms with Crippen LogP contribution in [-0.4, -0.2) is 21.2 Å². The molecule has 0 fully saturated rings. The highest BCUT2D eigenvalue weighted by Gasteiger charge is 2.12. The summed E-state index contributed by atoms with van der Waals surface area (Å²) in [4.78, 5) is 11.6. The van der Waals surface area contributed by atoms with Gasteiger partial charge >= 0.3 is 6.03 Å². The van der Waals surface area contributed by atoms with Crippen LogP contribution < -0.4 is 10.6 Å². The third-order valence-corrected chi connectivity index (χ3v) is 3.06. The molecular formula is C14H18N4OS. The molecule has 1 heterocycles. The number of urea groups is 1. The zero-order valence-corrected chi connectivity index (χ0v) is 12.6. The van der Waals surface area contributed by atoms with Crippen LogP contribution in [0.5, 0.6) is 0 Å². The maximum atomic E-state index is 11.6. The lowest BCUT2D eigenvalue weighted by molar-refractivity contribution is 0.231. The quantitative estimate of drug-likeness (QED) is 0.913. The number of aromatic nitrogens is 2. The molecule has 1 aromatic heterocycles. The Balaban J connectivity index is 1.90. The van der Waals surface area contributed by atoms with Crippen LogP contribution in [0.15, 0.2) is 29.6 Å². The number of hydrogen-bond donors (Lipinski definition) is 2. The number of nitrogens with zero attached hydrogens (tertiary/aromatic N) is 2. The molecule has 5 nitrogen and oxygen atoms in total. The molecule has 0 aliphatic heterocycles. The lowest BCUT2D eigenvalue weighted by atomic mass is 10.1. The zero-order valence-electron chi connectivity index (χ0n) is 11.8. The Kier molecular flexibility index (Phi) is 4.34. The van der Waals surface area contributed by atoms with Crippen LogP contribution in [0.25, 0.3) is 11.3 Å². The van der Waals surface area contributed by atoms with Gasteiger partial charge in [-0.1, -0.05) is 28.8 Å². The molecule has 0 unspecified atom stereocenters. The summed E-state index contributed by atoms with van der Waals surface area (Å²) >= 11 is 1.33. The summed E-state index contributed by atoms with van der Waals surface area (Å²) in [7, 11) is 0. The average Bonchev–Trinajstić information content (AvgIpc) is 2.89. The van der Waals surface area contributed by atoms with Crippen LogP contribution in [0.2, 0.25) is 0 Å². The first-order valence-corrected chi connectivity index (χ1v) is 7.20.